The summed E-state index contributed by atoms with van der Waals surface area (Å²) in [5, 5.41) is 9.53. The minimum atomic E-state index is -0.391. The van der Waals surface area contributed by atoms with Crippen LogP contribution in [0.4, 0.5) is 0 Å². The predicted octanol–water partition coefficient (Wildman–Crippen LogP) is 1.13. The molecule has 0 bridgehead atoms. The van der Waals surface area contributed by atoms with Crippen molar-refractivity contribution in [1.82, 2.24) is 0 Å². The van der Waals surface area contributed by atoms with Crippen LogP contribution in [0.3, 0.4) is 0 Å². The molecule has 0 spiro atoms. The molecule has 0 aromatic heterocycles. The molecule has 0 aliphatic heterocycles. The third kappa shape index (κ3) is 2.67. The minimum absolute atomic E-state index is 0.0833. The van der Waals surface area contributed by atoms with Crippen LogP contribution in [0.2, 0.25) is 0 Å². The van der Waals surface area contributed by atoms with Crippen molar-refractivity contribution in [3.05, 3.63) is 0 Å². The van der Waals surface area contributed by atoms with Crippen LogP contribution in [0.25, 0.3) is 0 Å². The number of hydrogen-bond donors (Lipinski definition) is 2. The molecule has 10 heavy (non-hydrogen) atoms. The Hall–Kier alpha value is -0.0800. The van der Waals surface area contributed by atoms with Crippen LogP contribution in [-0.4, -0.2) is 17.3 Å². The molecule has 2 atom stereocenters. The average Bonchev–Trinajstić information content (AvgIpc) is 1.83. The molecule has 0 heterocycles. The van der Waals surface area contributed by atoms with E-state index in [0.29, 0.717) is 0 Å². The topological polar surface area (TPSA) is 46.2 Å². The lowest BCUT2D eigenvalue weighted by molar-refractivity contribution is 0.0395. The predicted molar refractivity (Wildman–Crippen MR) is 43.7 cm³/mol. The summed E-state index contributed by atoms with van der Waals surface area (Å²) in [6.07, 6.45) is 0.441. The highest BCUT2D eigenvalue weighted by molar-refractivity contribution is 4.81. The average molecular weight is 145 g/mol. The normalized spacial score (nSPS) is 18.6. The first-order valence-electron chi connectivity index (χ1n) is 3.83. The fourth-order valence-corrected chi connectivity index (χ4v) is 0.865. The zero-order valence-electron chi connectivity index (χ0n) is 7.39. The smallest absolute Gasteiger partial charge is 0.0739 e. The minimum Gasteiger partial charge on any atom is -0.391 e. The molecule has 0 aliphatic rings. The molecule has 3 N–H and O–H groups in total. The third-order valence-electron chi connectivity index (χ3n) is 1.76. The van der Waals surface area contributed by atoms with Crippen molar-refractivity contribution in [3.8, 4) is 0 Å². The van der Waals surface area contributed by atoms with Gasteiger partial charge in [-0.3, -0.25) is 0 Å². The zero-order valence-corrected chi connectivity index (χ0v) is 7.39. The quantitative estimate of drug-likeness (QED) is 0.612. The molecule has 0 aliphatic carbocycles. The van der Waals surface area contributed by atoms with Gasteiger partial charge in [0.1, 0.15) is 0 Å². The molecule has 2 nitrogen and oxygen atoms in total. The second kappa shape index (κ2) is 3.35. The van der Waals surface area contributed by atoms with E-state index in [2.05, 4.69) is 0 Å². The Morgan fingerprint density at radius 2 is 1.80 bits per heavy atom. The van der Waals surface area contributed by atoms with Gasteiger partial charge in [-0.1, -0.05) is 27.7 Å². The van der Waals surface area contributed by atoms with E-state index in [1.807, 2.05) is 27.7 Å². The SMILES string of the molecule is CCC(N)C(O)C(C)(C)C. The standard InChI is InChI=1S/C8H19NO/c1-5-6(9)7(10)8(2,3)4/h6-7,10H,5,9H2,1-4H3. The largest absolute Gasteiger partial charge is 0.391 e. The number of nitrogens with two attached hydrogens (primary N) is 1. The summed E-state index contributed by atoms with van der Waals surface area (Å²) in [4.78, 5) is 0. The van der Waals surface area contributed by atoms with Gasteiger partial charge in [0.05, 0.1) is 6.10 Å². The van der Waals surface area contributed by atoms with Crippen LogP contribution < -0.4 is 5.73 Å². The maximum absolute atomic E-state index is 9.53. The third-order valence-corrected chi connectivity index (χ3v) is 1.76. The summed E-state index contributed by atoms with van der Waals surface area (Å²) in [6, 6.07) is -0.0833. The molecule has 0 saturated heterocycles. The van der Waals surface area contributed by atoms with Gasteiger partial charge in [0.2, 0.25) is 0 Å². The molecule has 62 valence electrons. The van der Waals surface area contributed by atoms with Gasteiger partial charge in [-0.05, 0) is 11.8 Å². The van der Waals surface area contributed by atoms with Crippen molar-refractivity contribution in [2.75, 3.05) is 0 Å². The molecular formula is C8H19NO. The second-order valence-electron chi connectivity index (χ2n) is 3.88. The van der Waals surface area contributed by atoms with Gasteiger partial charge in [-0.15, -0.1) is 0 Å². The van der Waals surface area contributed by atoms with E-state index in [9.17, 15) is 5.11 Å². The number of aliphatic hydroxyl groups excluding tert-OH is 1. The Kier molecular flexibility index (Phi) is 3.33. The summed E-state index contributed by atoms with van der Waals surface area (Å²) in [5.41, 5.74) is 5.56. The molecule has 0 rings (SSSR count). The summed E-state index contributed by atoms with van der Waals surface area (Å²) in [7, 11) is 0. The molecule has 2 unspecified atom stereocenters. The first-order valence-corrected chi connectivity index (χ1v) is 3.83. The van der Waals surface area contributed by atoms with Crippen molar-refractivity contribution in [2.45, 2.75) is 46.3 Å². The Bertz CT molecular complexity index is 95.9. The van der Waals surface area contributed by atoms with E-state index in [1.165, 1.54) is 0 Å². The lowest BCUT2D eigenvalue weighted by Crippen LogP contribution is -2.42. The van der Waals surface area contributed by atoms with Crippen LogP contribution in [0, 0.1) is 5.41 Å². The molecule has 0 saturated carbocycles. The summed E-state index contributed by atoms with van der Waals surface area (Å²) in [5.74, 6) is 0. The van der Waals surface area contributed by atoms with Gasteiger partial charge in [0, 0.05) is 6.04 Å². The zero-order chi connectivity index (χ0) is 8.36. The van der Waals surface area contributed by atoms with E-state index >= 15 is 0 Å². The van der Waals surface area contributed by atoms with Gasteiger partial charge < -0.3 is 10.8 Å². The molecule has 0 amide bonds. The highest BCUT2D eigenvalue weighted by Gasteiger charge is 2.26. The number of aliphatic hydroxyl groups is 1. The van der Waals surface area contributed by atoms with Crippen molar-refractivity contribution in [3.63, 3.8) is 0 Å². The molecular weight excluding hydrogens is 126 g/mol. The molecule has 2 heteroatoms. The van der Waals surface area contributed by atoms with E-state index in [-0.39, 0.29) is 11.5 Å². The van der Waals surface area contributed by atoms with Crippen LogP contribution >= 0.6 is 0 Å². The highest BCUT2D eigenvalue weighted by Crippen LogP contribution is 2.21. The Labute approximate surface area is 63.4 Å². The first-order chi connectivity index (χ1) is 4.39. The van der Waals surface area contributed by atoms with Crippen LogP contribution in [0.1, 0.15) is 34.1 Å². The fraction of sp³-hybridized carbons (Fsp3) is 1.00. The van der Waals surface area contributed by atoms with Gasteiger partial charge in [0.15, 0.2) is 0 Å². The summed E-state index contributed by atoms with van der Waals surface area (Å²) < 4.78 is 0. The Morgan fingerprint density at radius 3 is 1.90 bits per heavy atom. The van der Waals surface area contributed by atoms with Crippen molar-refractivity contribution in [1.29, 1.82) is 0 Å². The van der Waals surface area contributed by atoms with Crippen molar-refractivity contribution >= 4 is 0 Å². The molecule has 0 aromatic carbocycles. The second-order valence-corrected chi connectivity index (χ2v) is 3.88. The molecule has 0 radical (unpaired) electrons. The van der Waals surface area contributed by atoms with Gasteiger partial charge in [-0.25, -0.2) is 0 Å². The highest BCUT2D eigenvalue weighted by atomic mass is 16.3. The van der Waals surface area contributed by atoms with Crippen LogP contribution in [0.5, 0.6) is 0 Å². The lowest BCUT2D eigenvalue weighted by Gasteiger charge is -2.30. The van der Waals surface area contributed by atoms with E-state index < -0.39 is 6.10 Å². The molecule has 0 aromatic rings. The van der Waals surface area contributed by atoms with Gasteiger partial charge in [0.25, 0.3) is 0 Å². The summed E-state index contributed by atoms with van der Waals surface area (Å²) in [6.45, 7) is 7.97. The van der Waals surface area contributed by atoms with Gasteiger partial charge in [-0.2, -0.15) is 0 Å². The van der Waals surface area contributed by atoms with Gasteiger partial charge >= 0.3 is 0 Å². The first kappa shape index (κ1) is 9.92. The lowest BCUT2D eigenvalue weighted by atomic mass is 9.84. The summed E-state index contributed by atoms with van der Waals surface area (Å²) >= 11 is 0. The van der Waals surface area contributed by atoms with E-state index in [1.54, 1.807) is 0 Å². The van der Waals surface area contributed by atoms with Crippen molar-refractivity contribution in [2.24, 2.45) is 11.1 Å². The maximum atomic E-state index is 9.53. The van der Waals surface area contributed by atoms with E-state index in [0.717, 1.165) is 6.42 Å². The monoisotopic (exact) mass is 145 g/mol. The number of hydrogen-bond acceptors (Lipinski definition) is 2. The fourth-order valence-electron chi connectivity index (χ4n) is 0.865. The number of rotatable bonds is 2. The Balaban J connectivity index is 3.94. The molecule has 0 fully saturated rings. The van der Waals surface area contributed by atoms with Crippen LogP contribution in [0.15, 0.2) is 0 Å². The van der Waals surface area contributed by atoms with Crippen molar-refractivity contribution < 1.29 is 5.11 Å². The Morgan fingerprint density at radius 1 is 1.40 bits per heavy atom. The van der Waals surface area contributed by atoms with Crippen LogP contribution in [-0.2, 0) is 0 Å². The maximum Gasteiger partial charge on any atom is 0.0739 e. The van der Waals surface area contributed by atoms with E-state index in [4.69, 9.17) is 5.73 Å².